The molecule has 2 aromatic rings. The average molecular weight is 364 g/mol. The molecule has 6 nitrogen and oxygen atoms in total. The number of amides is 1. The fourth-order valence-electron chi connectivity index (χ4n) is 3.25. The maximum Gasteiger partial charge on any atom is 0.407 e. The van der Waals surface area contributed by atoms with Crippen molar-refractivity contribution < 1.29 is 14.6 Å². The number of carboxylic acid groups (broad SMARTS) is 1. The molecule has 1 aliphatic heterocycles. The molecule has 2 atom stereocenters. The molecule has 0 radical (unpaired) electrons. The number of benzene rings is 1. The molecule has 1 aromatic carbocycles. The van der Waals surface area contributed by atoms with Crippen molar-refractivity contribution in [2.24, 2.45) is 5.92 Å². The predicted molar refractivity (Wildman–Crippen MR) is 95.1 cm³/mol. The molecule has 2 unspecified atom stereocenters. The molecular weight excluding hydrogens is 342 g/mol. The van der Waals surface area contributed by atoms with Gasteiger partial charge in [-0.05, 0) is 37.1 Å². The van der Waals surface area contributed by atoms with E-state index >= 15 is 0 Å². The Bertz CT molecular complexity index is 757. The van der Waals surface area contributed by atoms with Crippen molar-refractivity contribution in [1.82, 2.24) is 14.9 Å². The minimum Gasteiger partial charge on any atom is -0.483 e. The van der Waals surface area contributed by atoms with Crippen LogP contribution in [0, 0.1) is 5.92 Å². The van der Waals surface area contributed by atoms with E-state index in [1.165, 1.54) is 4.90 Å². The summed E-state index contributed by atoms with van der Waals surface area (Å²) in [7, 11) is 0. The van der Waals surface area contributed by atoms with Crippen molar-refractivity contribution in [3.05, 3.63) is 46.5 Å². The fraction of sp³-hybridized carbons (Fsp3) is 0.444. The minimum atomic E-state index is -0.903. The van der Waals surface area contributed by atoms with Crippen molar-refractivity contribution in [3.8, 4) is 5.75 Å². The Kier molecular flexibility index (Phi) is 4.90. The SMILES string of the molecule is CC(Oc1ccc(Cl)cc1)c1nc2c([nH]1)CCN(C(=O)O)C2C(C)C. The molecule has 3 rings (SSSR count). The molecule has 2 heterocycles. The van der Waals surface area contributed by atoms with Gasteiger partial charge < -0.3 is 14.8 Å². The topological polar surface area (TPSA) is 78.5 Å². The maximum atomic E-state index is 11.5. The number of nitrogens with one attached hydrogen (secondary N) is 1. The molecule has 0 spiro atoms. The second-order valence-electron chi connectivity index (χ2n) is 6.61. The van der Waals surface area contributed by atoms with Gasteiger partial charge in [-0.1, -0.05) is 25.4 Å². The molecule has 1 amide bonds. The van der Waals surface area contributed by atoms with Gasteiger partial charge in [0.25, 0.3) is 0 Å². The second kappa shape index (κ2) is 6.96. The van der Waals surface area contributed by atoms with Crippen molar-refractivity contribution in [2.75, 3.05) is 6.54 Å². The van der Waals surface area contributed by atoms with Crippen LogP contribution in [0.4, 0.5) is 4.79 Å². The predicted octanol–water partition coefficient (Wildman–Crippen LogP) is 4.44. The van der Waals surface area contributed by atoms with Crippen LogP contribution in [0.5, 0.6) is 5.75 Å². The lowest BCUT2D eigenvalue weighted by Gasteiger charge is -2.35. The zero-order valence-electron chi connectivity index (χ0n) is 14.5. The molecule has 0 saturated carbocycles. The summed E-state index contributed by atoms with van der Waals surface area (Å²) < 4.78 is 5.92. The van der Waals surface area contributed by atoms with E-state index < -0.39 is 6.09 Å². The highest BCUT2D eigenvalue weighted by molar-refractivity contribution is 6.30. The lowest BCUT2D eigenvalue weighted by Crippen LogP contribution is -2.41. The molecule has 7 heteroatoms. The summed E-state index contributed by atoms with van der Waals surface area (Å²) in [4.78, 5) is 21.0. The van der Waals surface area contributed by atoms with Gasteiger partial charge in [0.2, 0.25) is 0 Å². The molecule has 0 fully saturated rings. The quantitative estimate of drug-likeness (QED) is 0.841. The van der Waals surface area contributed by atoms with Gasteiger partial charge in [-0.3, -0.25) is 4.90 Å². The largest absolute Gasteiger partial charge is 0.483 e. The number of fused-ring (bicyclic) bond motifs is 1. The number of carbonyl (C=O) groups is 1. The van der Waals surface area contributed by atoms with E-state index in [0.717, 1.165) is 11.4 Å². The summed E-state index contributed by atoms with van der Waals surface area (Å²) in [5.74, 6) is 1.55. The highest BCUT2D eigenvalue weighted by atomic mass is 35.5. The van der Waals surface area contributed by atoms with E-state index in [9.17, 15) is 9.90 Å². The van der Waals surface area contributed by atoms with E-state index in [2.05, 4.69) is 9.97 Å². The molecule has 1 aromatic heterocycles. The molecular formula is C18H22ClN3O3. The average Bonchev–Trinajstić information content (AvgIpc) is 2.99. The third kappa shape index (κ3) is 3.58. The summed E-state index contributed by atoms with van der Waals surface area (Å²) in [6, 6.07) is 6.93. The molecule has 0 aliphatic carbocycles. The number of H-pyrrole nitrogens is 1. The molecule has 134 valence electrons. The van der Waals surface area contributed by atoms with Crippen molar-refractivity contribution in [1.29, 1.82) is 0 Å². The number of rotatable bonds is 4. The molecule has 0 saturated heterocycles. The van der Waals surface area contributed by atoms with Crippen LogP contribution in [-0.4, -0.2) is 32.6 Å². The first-order valence-corrected chi connectivity index (χ1v) is 8.75. The van der Waals surface area contributed by atoms with Gasteiger partial charge in [0.05, 0.1) is 11.7 Å². The van der Waals surface area contributed by atoms with E-state index in [1.54, 1.807) is 12.1 Å². The van der Waals surface area contributed by atoms with Gasteiger partial charge in [0.1, 0.15) is 11.6 Å². The Labute approximate surface area is 151 Å². The number of imidazole rings is 1. The van der Waals surface area contributed by atoms with Crippen LogP contribution in [0.3, 0.4) is 0 Å². The summed E-state index contributed by atoms with van der Waals surface area (Å²) >= 11 is 5.89. The summed E-state index contributed by atoms with van der Waals surface area (Å²) in [6.07, 6.45) is -0.553. The highest BCUT2D eigenvalue weighted by Gasteiger charge is 2.36. The monoisotopic (exact) mass is 363 g/mol. The van der Waals surface area contributed by atoms with Crippen LogP contribution in [0.1, 0.15) is 50.1 Å². The van der Waals surface area contributed by atoms with Gasteiger partial charge in [-0.2, -0.15) is 0 Å². The third-order valence-electron chi connectivity index (χ3n) is 4.44. The Morgan fingerprint density at radius 1 is 1.36 bits per heavy atom. The first kappa shape index (κ1) is 17.6. The highest BCUT2D eigenvalue weighted by Crippen LogP contribution is 2.35. The van der Waals surface area contributed by atoms with Crippen LogP contribution >= 0.6 is 11.6 Å². The lowest BCUT2D eigenvalue weighted by molar-refractivity contribution is 0.103. The van der Waals surface area contributed by atoms with Gasteiger partial charge in [-0.15, -0.1) is 0 Å². The Balaban J connectivity index is 1.84. The minimum absolute atomic E-state index is 0.138. The Morgan fingerprint density at radius 2 is 2.04 bits per heavy atom. The summed E-state index contributed by atoms with van der Waals surface area (Å²) in [5.41, 5.74) is 1.81. The molecule has 0 bridgehead atoms. The fourth-order valence-corrected chi connectivity index (χ4v) is 3.38. The Morgan fingerprint density at radius 3 is 2.64 bits per heavy atom. The van der Waals surface area contributed by atoms with Crippen LogP contribution in [-0.2, 0) is 6.42 Å². The van der Waals surface area contributed by atoms with Crippen LogP contribution in [0.25, 0.3) is 0 Å². The molecule has 2 N–H and O–H groups in total. The normalized spacial score (nSPS) is 18.1. The zero-order valence-corrected chi connectivity index (χ0v) is 15.2. The van der Waals surface area contributed by atoms with Crippen LogP contribution < -0.4 is 4.74 Å². The van der Waals surface area contributed by atoms with Crippen molar-refractivity contribution >= 4 is 17.7 Å². The van der Waals surface area contributed by atoms with Gasteiger partial charge in [-0.25, -0.2) is 9.78 Å². The van der Waals surface area contributed by atoms with Gasteiger partial charge >= 0.3 is 6.09 Å². The number of aromatic nitrogens is 2. The maximum absolute atomic E-state index is 11.5. The zero-order chi connectivity index (χ0) is 18.1. The standard InChI is InChI=1S/C18H22ClN3O3/c1-10(2)16-15-14(8-9-22(16)18(23)24)20-17(21-15)11(3)25-13-6-4-12(19)5-7-13/h4-7,10-11,16H,8-9H2,1-3H3,(H,20,21)(H,23,24). The number of halogens is 1. The van der Waals surface area contributed by atoms with E-state index in [1.807, 2.05) is 32.9 Å². The number of ether oxygens (including phenoxy) is 1. The third-order valence-corrected chi connectivity index (χ3v) is 4.69. The van der Waals surface area contributed by atoms with Crippen molar-refractivity contribution in [3.63, 3.8) is 0 Å². The van der Waals surface area contributed by atoms with E-state index in [-0.39, 0.29) is 18.1 Å². The number of hydrogen-bond acceptors (Lipinski definition) is 3. The summed E-state index contributed by atoms with van der Waals surface area (Å²) in [6.45, 7) is 6.41. The molecule has 25 heavy (non-hydrogen) atoms. The van der Waals surface area contributed by atoms with Gasteiger partial charge in [0.15, 0.2) is 6.10 Å². The first-order chi connectivity index (χ1) is 11.9. The second-order valence-corrected chi connectivity index (χ2v) is 7.05. The number of hydrogen-bond donors (Lipinski definition) is 2. The van der Waals surface area contributed by atoms with Crippen molar-refractivity contribution in [2.45, 2.75) is 39.3 Å². The van der Waals surface area contributed by atoms with Gasteiger partial charge in [0, 0.05) is 23.7 Å². The lowest BCUT2D eigenvalue weighted by atomic mass is 9.94. The van der Waals surface area contributed by atoms with E-state index in [4.69, 9.17) is 16.3 Å². The smallest absolute Gasteiger partial charge is 0.407 e. The van der Waals surface area contributed by atoms with Crippen LogP contribution in [0.2, 0.25) is 5.02 Å². The first-order valence-electron chi connectivity index (χ1n) is 8.37. The Hall–Kier alpha value is -2.21. The number of aromatic amines is 1. The van der Waals surface area contributed by atoms with Crippen LogP contribution in [0.15, 0.2) is 24.3 Å². The summed E-state index contributed by atoms with van der Waals surface area (Å²) in [5, 5.41) is 10.1. The van der Waals surface area contributed by atoms with E-state index in [0.29, 0.717) is 29.6 Å². The number of nitrogens with zero attached hydrogens (tertiary/aromatic N) is 2. The molecule has 1 aliphatic rings.